The molecule has 0 spiro atoms. The largest absolute Gasteiger partial charge is 0.385 e. The summed E-state index contributed by atoms with van der Waals surface area (Å²) < 4.78 is 18.1. The molecule has 22 heavy (non-hydrogen) atoms. The molecule has 0 aliphatic rings. The van der Waals surface area contributed by atoms with Gasteiger partial charge < -0.3 is 20.3 Å². The maximum Gasteiger partial charge on any atom is 0.191 e. The van der Waals surface area contributed by atoms with Crippen LogP contribution in [0.3, 0.4) is 0 Å². The van der Waals surface area contributed by atoms with Crippen molar-refractivity contribution in [2.75, 3.05) is 47.9 Å². The van der Waals surface area contributed by atoms with E-state index >= 15 is 0 Å². The van der Waals surface area contributed by atoms with Crippen LogP contribution in [0.5, 0.6) is 0 Å². The second kappa shape index (κ2) is 10.1. The van der Waals surface area contributed by atoms with Crippen LogP contribution in [0.15, 0.2) is 29.3 Å². The number of benzene rings is 1. The lowest BCUT2D eigenvalue weighted by atomic mass is 10.1. The molecule has 1 unspecified atom stereocenters. The predicted octanol–water partition coefficient (Wildman–Crippen LogP) is 1.63. The van der Waals surface area contributed by atoms with Gasteiger partial charge in [-0.3, -0.25) is 4.99 Å². The third-order valence-electron chi connectivity index (χ3n) is 3.38. The molecule has 6 heteroatoms. The third-order valence-corrected chi connectivity index (χ3v) is 3.38. The summed E-state index contributed by atoms with van der Waals surface area (Å²) in [5.41, 5.74) is 1.06. The highest BCUT2D eigenvalue weighted by atomic mass is 19.1. The molecule has 1 rings (SSSR count). The number of ether oxygens (including phenoxy) is 1. The third kappa shape index (κ3) is 6.41. The Morgan fingerprint density at radius 1 is 1.27 bits per heavy atom. The molecule has 0 saturated carbocycles. The van der Waals surface area contributed by atoms with Crippen LogP contribution in [0.2, 0.25) is 0 Å². The van der Waals surface area contributed by atoms with Crippen molar-refractivity contribution in [3.63, 3.8) is 0 Å². The standard InChI is InChI=1S/C16H27FN4O/c1-18-16(19-10-5-11-22-4)20-12-15(21(2)3)13-6-8-14(17)9-7-13/h6-9,15H,5,10-12H2,1-4H3,(H2,18,19,20). The summed E-state index contributed by atoms with van der Waals surface area (Å²) in [6, 6.07) is 6.75. The first-order valence-corrected chi connectivity index (χ1v) is 7.43. The van der Waals surface area contributed by atoms with Crippen LogP contribution >= 0.6 is 0 Å². The van der Waals surface area contributed by atoms with Crippen molar-refractivity contribution in [3.05, 3.63) is 35.6 Å². The van der Waals surface area contributed by atoms with Gasteiger partial charge in [-0.15, -0.1) is 0 Å². The molecule has 0 bridgehead atoms. The predicted molar refractivity (Wildman–Crippen MR) is 88.7 cm³/mol. The zero-order valence-electron chi connectivity index (χ0n) is 13.9. The molecule has 1 aromatic carbocycles. The van der Waals surface area contributed by atoms with E-state index in [1.165, 1.54) is 12.1 Å². The fourth-order valence-electron chi connectivity index (χ4n) is 2.12. The molecule has 0 radical (unpaired) electrons. The van der Waals surface area contributed by atoms with Crippen molar-refractivity contribution < 1.29 is 9.13 Å². The fourth-order valence-corrected chi connectivity index (χ4v) is 2.12. The molecule has 2 N–H and O–H groups in total. The highest BCUT2D eigenvalue weighted by Gasteiger charge is 2.14. The molecular weight excluding hydrogens is 283 g/mol. The Morgan fingerprint density at radius 2 is 1.95 bits per heavy atom. The van der Waals surface area contributed by atoms with E-state index in [-0.39, 0.29) is 11.9 Å². The number of rotatable bonds is 8. The number of nitrogens with one attached hydrogen (secondary N) is 2. The molecular formula is C16H27FN4O. The molecule has 124 valence electrons. The summed E-state index contributed by atoms with van der Waals surface area (Å²) in [7, 11) is 7.45. The molecule has 0 aromatic heterocycles. The first-order valence-electron chi connectivity index (χ1n) is 7.43. The summed E-state index contributed by atoms with van der Waals surface area (Å²) in [5.74, 6) is 0.537. The first kappa shape index (κ1) is 18.4. The normalized spacial score (nSPS) is 13.3. The Labute approximate surface area is 132 Å². The Bertz CT molecular complexity index is 448. The smallest absolute Gasteiger partial charge is 0.191 e. The van der Waals surface area contributed by atoms with E-state index in [1.54, 1.807) is 14.2 Å². The van der Waals surface area contributed by atoms with Crippen LogP contribution in [0, 0.1) is 5.82 Å². The maximum atomic E-state index is 13.1. The van der Waals surface area contributed by atoms with Crippen molar-refractivity contribution in [2.45, 2.75) is 12.5 Å². The second-order valence-corrected chi connectivity index (χ2v) is 5.26. The minimum absolute atomic E-state index is 0.137. The van der Waals surface area contributed by atoms with Crippen molar-refractivity contribution in [1.82, 2.24) is 15.5 Å². The van der Waals surface area contributed by atoms with Crippen molar-refractivity contribution in [1.29, 1.82) is 0 Å². The Balaban J connectivity index is 2.54. The monoisotopic (exact) mass is 310 g/mol. The highest BCUT2D eigenvalue weighted by molar-refractivity contribution is 5.79. The van der Waals surface area contributed by atoms with E-state index in [4.69, 9.17) is 4.74 Å². The second-order valence-electron chi connectivity index (χ2n) is 5.26. The van der Waals surface area contributed by atoms with Crippen LogP contribution in [-0.2, 0) is 4.74 Å². The van der Waals surface area contributed by atoms with Gasteiger partial charge in [0.2, 0.25) is 0 Å². The Morgan fingerprint density at radius 3 is 2.50 bits per heavy atom. The van der Waals surface area contributed by atoms with Crippen LogP contribution in [0.25, 0.3) is 0 Å². The van der Waals surface area contributed by atoms with Gasteiger partial charge in [-0.2, -0.15) is 0 Å². The van der Waals surface area contributed by atoms with E-state index in [0.29, 0.717) is 6.54 Å². The topological polar surface area (TPSA) is 48.9 Å². The molecule has 0 aliphatic carbocycles. The summed E-state index contributed by atoms with van der Waals surface area (Å²) in [5, 5.41) is 6.54. The van der Waals surface area contributed by atoms with Gasteiger partial charge in [0.1, 0.15) is 5.82 Å². The molecule has 1 aromatic rings. The number of hydrogen-bond donors (Lipinski definition) is 2. The van der Waals surface area contributed by atoms with Gasteiger partial charge in [0.25, 0.3) is 0 Å². The van der Waals surface area contributed by atoms with Gasteiger partial charge in [0, 0.05) is 33.9 Å². The lowest BCUT2D eigenvalue weighted by Gasteiger charge is -2.26. The quantitative estimate of drug-likeness (QED) is 0.435. The van der Waals surface area contributed by atoms with E-state index in [1.807, 2.05) is 26.2 Å². The van der Waals surface area contributed by atoms with Crippen molar-refractivity contribution in [3.8, 4) is 0 Å². The first-order chi connectivity index (χ1) is 10.6. The summed E-state index contributed by atoms with van der Waals surface area (Å²) in [6.07, 6.45) is 0.923. The van der Waals surface area contributed by atoms with Crippen molar-refractivity contribution in [2.24, 2.45) is 4.99 Å². The van der Waals surface area contributed by atoms with Gasteiger partial charge in [0.15, 0.2) is 5.96 Å². The Kier molecular flexibility index (Phi) is 8.47. The maximum absolute atomic E-state index is 13.1. The SMILES string of the molecule is CN=C(NCCCOC)NCC(c1ccc(F)cc1)N(C)C. The highest BCUT2D eigenvalue weighted by Crippen LogP contribution is 2.17. The number of hydrogen-bond acceptors (Lipinski definition) is 3. The number of aliphatic imine (C=N–C) groups is 1. The summed E-state index contributed by atoms with van der Waals surface area (Å²) in [6.45, 7) is 2.21. The van der Waals surface area contributed by atoms with Crippen molar-refractivity contribution >= 4 is 5.96 Å². The fraction of sp³-hybridized carbons (Fsp3) is 0.562. The number of guanidine groups is 1. The van der Waals surface area contributed by atoms with E-state index < -0.39 is 0 Å². The molecule has 0 saturated heterocycles. The van der Waals surface area contributed by atoms with Crippen LogP contribution in [0.1, 0.15) is 18.0 Å². The molecule has 0 amide bonds. The number of halogens is 1. The average molecular weight is 310 g/mol. The minimum Gasteiger partial charge on any atom is -0.385 e. The summed E-state index contributed by atoms with van der Waals surface area (Å²) >= 11 is 0. The van der Waals surface area contributed by atoms with E-state index in [2.05, 4.69) is 20.5 Å². The molecule has 0 heterocycles. The number of likely N-dealkylation sites (N-methyl/N-ethyl adjacent to an activating group) is 1. The van der Waals surface area contributed by atoms with Crippen LogP contribution in [0.4, 0.5) is 4.39 Å². The number of nitrogens with zero attached hydrogens (tertiary/aromatic N) is 2. The van der Waals surface area contributed by atoms with Gasteiger partial charge in [-0.05, 0) is 38.2 Å². The minimum atomic E-state index is -0.218. The average Bonchev–Trinajstić information content (AvgIpc) is 2.51. The molecule has 0 fully saturated rings. The molecule has 0 aliphatic heterocycles. The zero-order valence-corrected chi connectivity index (χ0v) is 13.9. The lowest BCUT2D eigenvalue weighted by Crippen LogP contribution is -2.42. The summed E-state index contributed by atoms with van der Waals surface area (Å²) in [4.78, 5) is 6.30. The van der Waals surface area contributed by atoms with Crippen LogP contribution in [-0.4, -0.2) is 58.8 Å². The molecule has 5 nitrogen and oxygen atoms in total. The van der Waals surface area contributed by atoms with Gasteiger partial charge >= 0.3 is 0 Å². The Hall–Kier alpha value is -1.66. The van der Waals surface area contributed by atoms with Gasteiger partial charge in [-0.25, -0.2) is 4.39 Å². The zero-order chi connectivity index (χ0) is 16.4. The van der Waals surface area contributed by atoms with Gasteiger partial charge in [0.05, 0.1) is 6.04 Å². The number of methoxy groups -OCH3 is 1. The van der Waals surface area contributed by atoms with E-state index in [9.17, 15) is 4.39 Å². The van der Waals surface area contributed by atoms with Gasteiger partial charge in [-0.1, -0.05) is 12.1 Å². The molecule has 1 atom stereocenters. The van der Waals surface area contributed by atoms with Crippen LogP contribution < -0.4 is 10.6 Å². The lowest BCUT2D eigenvalue weighted by molar-refractivity contribution is 0.195. The van der Waals surface area contributed by atoms with E-state index in [0.717, 1.165) is 31.1 Å².